The third kappa shape index (κ3) is 3.54. The van der Waals surface area contributed by atoms with E-state index < -0.39 is 18.0 Å². The van der Waals surface area contributed by atoms with Crippen LogP contribution in [-0.2, 0) is 9.53 Å². The van der Waals surface area contributed by atoms with Gasteiger partial charge in [0.2, 0.25) is 0 Å². The van der Waals surface area contributed by atoms with Gasteiger partial charge >= 0.3 is 5.97 Å². The molecule has 140 valence electrons. The zero-order valence-corrected chi connectivity index (χ0v) is 15.3. The van der Waals surface area contributed by atoms with Crippen molar-refractivity contribution in [3.05, 3.63) is 58.9 Å². The summed E-state index contributed by atoms with van der Waals surface area (Å²) in [6.45, 7) is 3.37. The number of nitrogens with zero attached hydrogens (tertiary/aromatic N) is 1. The maximum Gasteiger partial charge on any atom is 0.338 e. The molecule has 2 aromatic rings. The van der Waals surface area contributed by atoms with Gasteiger partial charge in [-0.1, -0.05) is 12.1 Å². The van der Waals surface area contributed by atoms with Crippen molar-refractivity contribution in [3.8, 4) is 17.0 Å². The minimum Gasteiger partial charge on any atom is -0.497 e. The molecule has 0 saturated heterocycles. The Morgan fingerprint density at radius 3 is 2.78 bits per heavy atom. The van der Waals surface area contributed by atoms with Crippen molar-refractivity contribution >= 4 is 11.9 Å². The average Bonchev–Trinajstić information content (AvgIpc) is 2.76. The molecule has 0 bridgehead atoms. The number of esters is 1. The Hall–Kier alpha value is -3.19. The topological polar surface area (TPSA) is 97.8 Å². The predicted octanol–water partition coefficient (Wildman–Crippen LogP) is 2.37. The fraction of sp³-hybridized carbons (Fsp3) is 0.250. The van der Waals surface area contributed by atoms with Gasteiger partial charge in [0.05, 0.1) is 36.2 Å². The Labute approximate surface area is 156 Å². The first-order valence-corrected chi connectivity index (χ1v) is 8.49. The van der Waals surface area contributed by atoms with Crippen molar-refractivity contribution in [1.29, 1.82) is 0 Å². The minimum absolute atomic E-state index is 0.0285. The van der Waals surface area contributed by atoms with Crippen LogP contribution in [0, 0.1) is 0 Å². The number of carbonyl (C=O) groups is 2. The lowest BCUT2D eigenvalue weighted by atomic mass is 10.0. The molecule has 27 heavy (non-hydrogen) atoms. The molecule has 7 heteroatoms. The van der Waals surface area contributed by atoms with Gasteiger partial charge in [0, 0.05) is 11.3 Å². The summed E-state index contributed by atoms with van der Waals surface area (Å²) in [5.41, 5.74) is 1.82. The standard InChI is InChI=1S/C20H20N2O5/c1-4-27-20(25)16-11(2)21-19(24)14-8-9-15(22-17(14)18(16)23)12-6-5-7-13(10-12)26-3/h5-10,18,23H,4H2,1-3H3,(H,21,24). The smallest absolute Gasteiger partial charge is 0.338 e. The fourth-order valence-electron chi connectivity index (χ4n) is 2.94. The Balaban J connectivity index is 2.11. The van der Waals surface area contributed by atoms with Gasteiger partial charge in [0.25, 0.3) is 5.91 Å². The molecule has 3 rings (SSSR count). The Morgan fingerprint density at radius 1 is 1.30 bits per heavy atom. The molecule has 0 spiro atoms. The van der Waals surface area contributed by atoms with Gasteiger partial charge < -0.3 is 19.9 Å². The number of aliphatic hydroxyl groups excluding tert-OH is 1. The van der Waals surface area contributed by atoms with E-state index in [9.17, 15) is 14.7 Å². The van der Waals surface area contributed by atoms with Gasteiger partial charge in [-0.3, -0.25) is 4.79 Å². The number of methoxy groups -OCH3 is 1. The van der Waals surface area contributed by atoms with Crippen LogP contribution in [0.5, 0.6) is 5.75 Å². The molecule has 0 saturated carbocycles. The van der Waals surface area contributed by atoms with E-state index in [1.54, 1.807) is 45.2 Å². The van der Waals surface area contributed by atoms with Crippen LogP contribution in [-0.4, -0.2) is 35.7 Å². The molecule has 7 nitrogen and oxygen atoms in total. The maximum absolute atomic E-state index is 12.5. The highest BCUT2D eigenvalue weighted by Crippen LogP contribution is 2.31. The minimum atomic E-state index is -1.39. The van der Waals surface area contributed by atoms with Gasteiger partial charge in [-0.15, -0.1) is 0 Å². The number of amides is 1. The summed E-state index contributed by atoms with van der Waals surface area (Å²) in [5.74, 6) is -0.472. The molecule has 1 aromatic carbocycles. The largest absolute Gasteiger partial charge is 0.497 e. The second kappa shape index (κ2) is 7.59. The number of fused-ring (bicyclic) bond motifs is 1. The number of ether oxygens (including phenoxy) is 2. The van der Waals surface area contributed by atoms with E-state index in [1.165, 1.54) is 0 Å². The summed E-state index contributed by atoms with van der Waals surface area (Å²) >= 11 is 0. The lowest BCUT2D eigenvalue weighted by Gasteiger charge is -2.15. The number of hydrogen-bond donors (Lipinski definition) is 2. The summed E-state index contributed by atoms with van der Waals surface area (Å²) in [4.78, 5) is 29.2. The van der Waals surface area contributed by atoms with Crippen LogP contribution in [0.4, 0.5) is 0 Å². The molecular formula is C20H20N2O5. The Morgan fingerprint density at radius 2 is 2.07 bits per heavy atom. The van der Waals surface area contributed by atoms with Gasteiger partial charge in [-0.05, 0) is 38.1 Å². The van der Waals surface area contributed by atoms with Crippen molar-refractivity contribution in [2.45, 2.75) is 20.0 Å². The molecule has 2 heterocycles. The second-order valence-corrected chi connectivity index (χ2v) is 5.98. The number of rotatable bonds is 4. The summed E-state index contributed by atoms with van der Waals surface area (Å²) in [6.07, 6.45) is -1.39. The number of benzene rings is 1. The van der Waals surface area contributed by atoms with E-state index in [1.807, 2.05) is 12.1 Å². The molecular weight excluding hydrogens is 348 g/mol. The van der Waals surface area contributed by atoms with Crippen molar-refractivity contribution in [2.24, 2.45) is 0 Å². The van der Waals surface area contributed by atoms with Crippen LogP contribution in [0.15, 0.2) is 47.7 Å². The fourth-order valence-corrected chi connectivity index (χ4v) is 2.94. The molecule has 1 aliphatic rings. The van der Waals surface area contributed by atoms with Crippen LogP contribution in [0.2, 0.25) is 0 Å². The number of allylic oxidation sites excluding steroid dienone is 1. The highest BCUT2D eigenvalue weighted by molar-refractivity contribution is 6.01. The zero-order chi connectivity index (χ0) is 19.6. The van der Waals surface area contributed by atoms with Crippen LogP contribution < -0.4 is 10.1 Å². The highest BCUT2D eigenvalue weighted by Gasteiger charge is 2.33. The van der Waals surface area contributed by atoms with E-state index in [4.69, 9.17) is 9.47 Å². The quantitative estimate of drug-likeness (QED) is 0.804. The number of aromatic nitrogens is 1. The molecule has 0 aliphatic carbocycles. The van der Waals surface area contributed by atoms with Gasteiger partial charge in [0.1, 0.15) is 11.9 Å². The van der Waals surface area contributed by atoms with Crippen molar-refractivity contribution < 1.29 is 24.2 Å². The molecule has 1 atom stereocenters. The third-order valence-electron chi connectivity index (χ3n) is 4.27. The van der Waals surface area contributed by atoms with E-state index >= 15 is 0 Å². The average molecular weight is 368 g/mol. The van der Waals surface area contributed by atoms with Crippen molar-refractivity contribution in [3.63, 3.8) is 0 Å². The molecule has 2 N–H and O–H groups in total. The highest BCUT2D eigenvalue weighted by atomic mass is 16.5. The molecule has 0 radical (unpaired) electrons. The van der Waals surface area contributed by atoms with E-state index in [-0.39, 0.29) is 29.1 Å². The number of carbonyl (C=O) groups excluding carboxylic acids is 2. The summed E-state index contributed by atoms with van der Waals surface area (Å²) < 4.78 is 10.2. The molecule has 1 aliphatic heterocycles. The van der Waals surface area contributed by atoms with E-state index in [2.05, 4.69) is 10.3 Å². The van der Waals surface area contributed by atoms with Gasteiger partial charge in [-0.25, -0.2) is 9.78 Å². The zero-order valence-electron chi connectivity index (χ0n) is 15.3. The molecule has 1 aromatic heterocycles. The summed E-state index contributed by atoms with van der Waals surface area (Å²) in [6, 6.07) is 10.5. The molecule has 1 amide bonds. The maximum atomic E-state index is 12.5. The molecule has 1 unspecified atom stereocenters. The third-order valence-corrected chi connectivity index (χ3v) is 4.27. The van der Waals surface area contributed by atoms with Crippen LogP contribution in [0.25, 0.3) is 11.3 Å². The number of aliphatic hydroxyl groups is 1. The molecule has 0 fully saturated rings. The first-order valence-electron chi connectivity index (χ1n) is 8.49. The first kappa shape index (κ1) is 18.6. The second-order valence-electron chi connectivity index (χ2n) is 5.98. The van der Waals surface area contributed by atoms with Crippen LogP contribution in [0.3, 0.4) is 0 Å². The SMILES string of the molecule is CCOC(=O)C1=C(C)NC(=O)c2ccc(-c3cccc(OC)c3)nc2C1O. The Kier molecular flexibility index (Phi) is 5.23. The van der Waals surface area contributed by atoms with Crippen LogP contribution >= 0.6 is 0 Å². The lowest BCUT2D eigenvalue weighted by Crippen LogP contribution is -2.23. The lowest BCUT2D eigenvalue weighted by molar-refractivity contribution is -0.139. The summed E-state index contributed by atoms with van der Waals surface area (Å²) in [5, 5.41) is 13.4. The van der Waals surface area contributed by atoms with Crippen LogP contribution in [0.1, 0.15) is 36.0 Å². The van der Waals surface area contributed by atoms with Gasteiger partial charge in [-0.2, -0.15) is 0 Å². The Bertz CT molecular complexity index is 936. The van der Waals surface area contributed by atoms with Gasteiger partial charge in [0.15, 0.2) is 0 Å². The monoisotopic (exact) mass is 368 g/mol. The normalized spacial score (nSPS) is 16.3. The number of nitrogens with one attached hydrogen (secondary N) is 1. The number of hydrogen-bond acceptors (Lipinski definition) is 6. The summed E-state index contributed by atoms with van der Waals surface area (Å²) in [7, 11) is 1.57. The van der Waals surface area contributed by atoms with Crippen molar-refractivity contribution in [1.82, 2.24) is 10.3 Å². The first-order chi connectivity index (χ1) is 13.0. The van der Waals surface area contributed by atoms with Crippen molar-refractivity contribution in [2.75, 3.05) is 13.7 Å². The number of pyridine rings is 1. The predicted molar refractivity (Wildman–Crippen MR) is 98.0 cm³/mol. The van der Waals surface area contributed by atoms with E-state index in [0.29, 0.717) is 11.4 Å². The van der Waals surface area contributed by atoms with E-state index in [0.717, 1.165) is 5.56 Å².